The average Bonchev–Trinajstić information content (AvgIpc) is 3.68. The number of fused-ring (bicyclic) bond motifs is 3. The highest BCUT2D eigenvalue weighted by atomic mass is 16.8. The van der Waals surface area contributed by atoms with Gasteiger partial charge in [0.1, 0.15) is 42.1 Å². The molecule has 0 bridgehead atoms. The summed E-state index contributed by atoms with van der Waals surface area (Å²) in [5, 5.41) is 0. The zero-order chi connectivity index (χ0) is 30.2. The molecule has 4 fully saturated rings. The second kappa shape index (κ2) is 10.8. The molecule has 44 heavy (non-hydrogen) atoms. The minimum atomic E-state index is -0.671. The lowest BCUT2D eigenvalue weighted by molar-refractivity contribution is -0.190. The third kappa shape index (κ3) is 5.00. The molecule has 1 aromatic carbocycles. The Morgan fingerprint density at radius 2 is 1.93 bits per heavy atom. The van der Waals surface area contributed by atoms with Crippen molar-refractivity contribution >= 4 is 27.9 Å². The monoisotopic (exact) mass is 599 g/mol. The first kappa shape index (κ1) is 28.4. The van der Waals surface area contributed by atoms with Crippen LogP contribution in [0.15, 0.2) is 30.7 Å². The van der Waals surface area contributed by atoms with Crippen molar-refractivity contribution in [1.29, 1.82) is 0 Å². The number of rotatable bonds is 9. The molecule has 0 spiro atoms. The van der Waals surface area contributed by atoms with Crippen LogP contribution in [0.2, 0.25) is 0 Å². The molecule has 0 amide bonds. The standard InChI is InChI=1S/C34H45N7O3/c1-18(2)41(22-12-19(13-22)8-11-27-39-24-10-9-21(14-25(24)40-27)20-6-5-7-20)16-26-31-32(44-34(3,4)43-31)30(42-26)23-15-36-29-28(23)37-17-38-33(29)35/h9-10,14-15,17-20,22,26,30-32,36H,5-8,11-13,16H2,1-4H3,(H,39,40)(H2,35,37,38)/t19?,22?,26-,30+,31-,32+/m1/s1. The molecule has 0 radical (unpaired) electrons. The Morgan fingerprint density at radius 3 is 2.70 bits per heavy atom. The lowest BCUT2D eigenvalue weighted by Crippen LogP contribution is -2.52. The number of anilines is 1. The summed E-state index contributed by atoms with van der Waals surface area (Å²) in [6.07, 6.45) is 11.2. The zero-order valence-corrected chi connectivity index (χ0v) is 26.3. The number of aryl methyl sites for hydroxylation is 1. The van der Waals surface area contributed by atoms with Crippen LogP contribution in [0.25, 0.3) is 22.1 Å². The molecule has 2 aliphatic heterocycles. The first-order valence-electron chi connectivity index (χ1n) is 16.6. The van der Waals surface area contributed by atoms with E-state index >= 15 is 0 Å². The minimum absolute atomic E-state index is 0.113. The lowest BCUT2D eigenvalue weighted by atomic mass is 9.76. The predicted molar refractivity (Wildman–Crippen MR) is 169 cm³/mol. The van der Waals surface area contributed by atoms with Crippen LogP contribution in [-0.2, 0) is 20.6 Å². The van der Waals surface area contributed by atoms with Crippen LogP contribution in [0.1, 0.15) is 95.2 Å². The van der Waals surface area contributed by atoms with Gasteiger partial charge in [0.05, 0.1) is 16.6 Å². The van der Waals surface area contributed by atoms with Gasteiger partial charge in [-0.15, -0.1) is 0 Å². The Hall–Kier alpha value is -3.05. The Labute approximate surface area is 258 Å². The number of aromatic nitrogens is 5. The molecule has 8 rings (SSSR count). The highest BCUT2D eigenvalue weighted by Gasteiger charge is 2.56. The van der Waals surface area contributed by atoms with E-state index in [1.165, 1.54) is 55.9 Å². The summed E-state index contributed by atoms with van der Waals surface area (Å²) in [4.78, 5) is 23.0. The van der Waals surface area contributed by atoms with E-state index in [1.807, 2.05) is 20.0 Å². The van der Waals surface area contributed by atoms with Gasteiger partial charge in [0.25, 0.3) is 0 Å². The van der Waals surface area contributed by atoms with Crippen LogP contribution in [-0.4, -0.2) is 72.5 Å². The topological polar surface area (TPSA) is 127 Å². The fraction of sp³-hybridized carbons (Fsp3) is 0.618. The number of nitrogens with zero attached hydrogens (tertiary/aromatic N) is 4. The second-order valence-electron chi connectivity index (χ2n) is 14.3. The molecule has 2 saturated carbocycles. The van der Waals surface area contributed by atoms with Gasteiger partial charge in [0.15, 0.2) is 11.6 Å². The van der Waals surface area contributed by atoms with Gasteiger partial charge < -0.3 is 29.9 Å². The van der Waals surface area contributed by atoms with Gasteiger partial charge >= 0.3 is 0 Å². The van der Waals surface area contributed by atoms with Crippen LogP contribution in [0.5, 0.6) is 0 Å². The van der Waals surface area contributed by atoms with Crippen molar-refractivity contribution in [2.24, 2.45) is 5.92 Å². The summed E-state index contributed by atoms with van der Waals surface area (Å²) < 4.78 is 19.7. The molecule has 4 aliphatic rings. The van der Waals surface area contributed by atoms with Gasteiger partial charge in [-0.3, -0.25) is 4.90 Å². The van der Waals surface area contributed by atoms with E-state index < -0.39 is 5.79 Å². The average molecular weight is 600 g/mol. The third-order valence-corrected chi connectivity index (χ3v) is 10.6. The number of hydrogen-bond acceptors (Lipinski definition) is 8. The first-order chi connectivity index (χ1) is 21.2. The molecular weight excluding hydrogens is 554 g/mol. The largest absolute Gasteiger partial charge is 0.382 e. The smallest absolute Gasteiger partial charge is 0.164 e. The molecule has 3 aromatic heterocycles. The highest BCUT2D eigenvalue weighted by Crippen LogP contribution is 2.47. The Morgan fingerprint density at radius 1 is 1.11 bits per heavy atom. The molecule has 234 valence electrons. The molecule has 10 nitrogen and oxygen atoms in total. The summed E-state index contributed by atoms with van der Waals surface area (Å²) in [6.45, 7) is 9.36. The summed E-state index contributed by atoms with van der Waals surface area (Å²) in [7, 11) is 0. The van der Waals surface area contributed by atoms with E-state index in [1.54, 1.807) is 0 Å². The van der Waals surface area contributed by atoms with Gasteiger partial charge in [-0.1, -0.05) is 12.5 Å². The summed E-state index contributed by atoms with van der Waals surface area (Å²) in [6, 6.07) is 7.75. The molecule has 5 heterocycles. The maximum absolute atomic E-state index is 6.78. The van der Waals surface area contributed by atoms with Gasteiger partial charge in [0, 0.05) is 36.8 Å². The van der Waals surface area contributed by atoms with Crippen LogP contribution in [0.4, 0.5) is 5.82 Å². The molecular formula is C34H45N7O3. The van der Waals surface area contributed by atoms with Gasteiger partial charge in [-0.2, -0.15) is 0 Å². The normalized spacial score (nSPS) is 30.0. The Bertz CT molecular complexity index is 1650. The molecule has 0 unspecified atom stereocenters. The number of nitrogen functional groups attached to an aromatic ring is 1. The van der Waals surface area contributed by atoms with Crippen LogP contribution >= 0.6 is 0 Å². The fourth-order valence-electron chi connectivity index (χ4n) is 8.01. The van der Waals surface area contributed by atoms with E-state index in [-0.39, 0.29) is 24.4 Å². The highest BCUT2D eigenvalue weighted by molar-refractivity contribution is 5.87. The van der Waals surface area contributed by atoms with Crippen LogP contribution < -0.4 is 5.73 Å². The zero-order valence-electron chi connectivity index (χ0n) is 26.3. The summed E-state index contributed by atoms with van der Waals surface area (Å²) in [5.41, 5.74) is 12.3. The number of ether oxygens (including phenoxy) is 3. The number of benzene rings is 1. The second-order valence-corrected chi connectivity index (χ2v) is 14.3. The van der Waals surface area contributed by atoms with Crippen LogP contribution in [0, 0.1) is 5.92 Å². The quantitative estimate of drug-likeness (QED) is 0.221. The number of H-pyrrole nitrogens is 2. The van der Waals surface area contributed by atoms with Crippen molar-refractivity contribution in [3.05, 3.63) is 47.7 Å². The van der Waals surface area contributed by atoms with Crippen molar-refractivity contribution in [2.45, 2.75) is 121 Å². The van der Waals surface area contributed by atoms with Gasteiger partial charge in [-0.05, 0) is 89.3 Å². The SMILES string of the molecule is CC(C)N(C[C@H]1O[C@@H](c2c[nH]c3c(N)ncnc23)[C@@H]2OC(C)(C)O[C@@H]21)C1CC(CCc2nc3ccc(C4CCC4)cc3[nH]2)C1. The minimum Gasteiger partial charge on any atom is -0.382 e. The van der Waals surface area contributed by atoms with E-state index in [9.17, 15) is 0 Å². The summed E-state index contributed by atoms with van der Waals surface area (Å²) in [5.74, 6) is 2.34. The number of imidazole rings is 1. The third-order valence-electron chi connectivity index (χ3n) is 10.6. The molecule has 4 atom stereocenters. The van der Waals surface area contributed by atoms with E-state index in [0.29, 0.717) is 23.8 Å². The molecule has 4 aromatic rings. The lowest BCUT2D eigenvalue weighted by Gasteiger charge is -2.46. The fourth-order valence-corrected chi connectivity index (χ4v) is 8.01. The first-order valence-corrected chi connectivity index (χ1v) is 16.6. The van der Waals surface area contributed by atoms with Crippen LogP contribution in [0.3, 0.4) is 0 Å². The summed E-state index contributed by atoms with van der Waals surface area (Å²) >= 11 is 0. The Balaban J connectivity index is 0.919. The van der Waals surface area contributed by atoms with Gasteiger partial charge in [-0.25, -0.2) is 15.0 Å². The number of hydrogen-bond donors (Lipinski definition) is 3. The molecule has 10 heteroatoms. The molecule has 4 N–H and O–H groups in total. The van der Waals surface area contributed by atoms with Crippen molar-refractivity contribution in [3.8, 4) is 0 Å². The number of nitrogens with two attached hydrogens (primary N) is 1. The molecule has 2 aliphatic carbocycles. The maximum atomic E-state index is 6.78. The van der Waals surface area contributed by atoms with E-state index in [0.717, 1.165) is 46.8 Å². The van der Waals surface area contributed by atoms with E-state index in [4.69, 9.17) is 24.9 Å². The maximum Gasteiger partial charge on any atom is 0.164 e. The number of nitrogens with one attached hydrogen (secondary N) is 2. The molecule has 2 saturated heterocycles. The van der Waals surface area contributed by atoms with Crippen molar-refractivity contribution in [1.82, 2.24) is 29.8 Å². The van der Waals surface area contributed by atoms with Crippen molar-refractivity contribution in [2.75, 3.05) is 12.3 Å². The number of aromatic amines is 2. The van der Waals surface area contributed by atoms with E-state index in [2.05, 4.69) is 56.9 Å². The van der Waals surface area contributed by atoms with Crippen molar-refractivity contribution < 1.29 is 14.2 Å². The Kier molecular flexibility index (Phi) is 6.97. The van der Waals surface area contributed by atoms with Crippen molar-refractivity contribution in [3.63, 3.8) is 0 Å². The predicted octanol–water partition coefficient (Wildman–Crippen LogP) is 5.77. The van der Waals surface area contributed by atoms with Gasteiger partial charge in [0.2, 0.25) is 0 Å².